The minimum Gasteiger partial charge on any atom is -0.340 e. The molecule has 18 heavy (non-hydrogen) atoms. The Kier molecular flexibility index (Phi) is 4.02. The number of rotatable bonds is 2. The second kappa shape index (κ2) is 5.53. The van der Waals surface area contributed by atoms with E-state index < -0.39 is 0 Å². The van der Waals surface area contributed by atoms with E-state index in [0.29, 0.717) is 6.04 Å². The average Bonchev–Trinajstić information content (AvgIpc) is 2.35. The van der Waals surface area contributed by atoms with Gasteiger partial charge < -0.3 is 10.2 Å². The van der Waals surface area contributed by atoms with E-state index in [-0.39, 0.29) is 5.91 Å². The summed E-state index contributed by atoms with van der Waals surface area (Å²) in [5.41, 5.74) is 4.10. The van der Waals surface area contributed by atoms with Crippen molar-refractivity contribution in [3.63, 3.8) is 0 Å². The summed E-state index contributed by atoms with van der Waals surface area (Å²) in [6, 6.07) is 6.83. The maximum Gasteiger partial charge on any atom is 0.219 e. The van der Waals surface area contributed by atoms with Crippen LogP contribution in [0.15, 0.2) is 18.2 Å². The van der Waals surface area contributed by atoms with Crippen molar-refractivity contribution in [3.05, 3.63) is 34.9 Å². The summed E-state index contributed by atoms with van der Waals surface area (Å²) in [6.45, 7) is 8.53. The molecule has 3 nitrogen and oxygen atoms in total. The first-order valence-electron chi connectivity index (χ1n) is 6.62. The summed E-state index contributed by atoms with van der Waals surface area (Å²) in [6.07, 6.45) is 0.997. The number of piperazine rings is 1. The van der Waals surface area contributed by atoms with Crippen LogP contribution in [0.4, 0.5) is 0 Å². The molecule has 1 aromatic rings. The van der Waals surface area contributed by atoms with Crippen LogP contribution in [0, 0.1) is 13.8 Å². The lowest BCUT2D eigenvalue weighted by Gasteiger charge is -2.33. The number of benzene rings is 1. The number of hydrogen-bond donors (Lipinski definition) is 1. The third kappa shape index (κ3) is 2.91. The lowest BCUT2D eigenvalue weighted by Crippen LogP contribution is -2.52. The van der Waals surface area contributed by atoms with E-state index in [1.165, 1.54) is 16.7 Å². The Morgan fingerprint density at radius 1 is 1.44 bits per heavy atom. The molecule has 1 amide bonds. The van der Waals surface area contributed by atoms with Gasteiger partial charge in [-0.1, -0.05) is 18.2 Å². The number of nitrogens with zero attached hydrogens (tertiary/aromatic N) is 1. The zero-order valence-electron chi connectivity index (χ0n) is 11.5. The smallest absolute Gasteiger partial charge is 0.219 e. The third-order valence-electron chi connectivity index (χ3n) is 3.88. The summed E-state index contributed by atoms with van der Waals surface area (Å²) in [5.74, 6) is 0.183. The summed E-state index contributed by atoms with van der Waals surface area (Å²) < 4.78 is 0. The normalized spacial score (nSPS) is 19.9. The second-order valence-corrected chi connectivity index (χ2v) is 5.18. The van der Waals surface area contributed by atoms with E-state index in [0.717, 1.165) is 26.1 Å². The van der Waals surface area contributed by atoms with Crippen molar-refractivity contribution in [1.82, 2.24) is 10.2 Å². The summed E-state index contributed by atoms with van der Waals surface area (Å²) >= 11 is 0. The van der Waals surface area contributed by atoms with Crippen LogP contribution < -0.4 is 5.32 Å². The van der Waals surface area contributed by atoms with E-state index in [2.05, 4.69) is 37.4 Å². The minimum absolute atomic E-state index is 0.183. The van der Waals surface area contributed by atoms with Crippen molar-refractivity contribution in [3.8, 4) is 0 Å². The number of carbonyl (C=O) groups excluding carboxylic acids is 1. The highest BCUT2D eigenvalue weighted by Gasteiger charge is 2.21. The van der Waals surface area contributed by atoms with Crippen LogP contribution in [-0.4, -0.2) is 36.5 Å². The number of hydrogen-bond acceptors (Lipinski definition) is 2. The van der Waals surface area contributed by atoms with E-state index >= 15 is 0 Å². The Labute approximate surface area is 109 Å². The molecule has 1 unspecified atom stereocenters. The molecule has 98 valence electrons. The van der Waals surface area contributed by atoms with E-state index in [4.69, 9.17) is 0 Å². The molecule has 2 rings (SSSR count). The van der Waals surface area contributed by atoms with Gasteiger partial charge in [0.2, 0.25) is 5.91 Å². The molecule has 1 fully saturated rings. The van der Waals surface area contributed by atoms with Crippen LogP contribution in [0.3, 0.4) is 0 Å². The fourth-order valence-corrected chi connectivity index (χ4v) is 2.55. The van der Waals surface area contributed by atoms with E-state index in [9.17, 15) is 4.79 Å². The molecule has 1 aromatic carbocycles. The van der Waals surface area contributed by atoms with Crippen LogP contribution >= 0.6 is 0 Å². The van der Waals surface area contributed by atoms with Crippen LogP contribution in [-0.2, 0) is 11.2 Å². The standard InChI is InChI=1S/C15H22N2O/c1-11-5-4-6-14(12(11)2)9-15-10-17(13(3)18)8-7-16-15/h4-6,15-16H,7-10H2,1-3H3. The molecule has 0 aromatic heterocycles. The predicted molar refractivity (Wildman–Crippen MR) is 73.7 cm³/mol. The molecule has 0 spiro atoms. The van der Waals surface area contributed by atoms with Gasteiger partial charge in [0.15, 0.2) is 0 Å². The first-order chi connectivity index (χ1) is 8.58. The molecule has 1 heterocycles. The van der Waals surface area contributed by atoms with Gasteiger partial charge in [-0.15, -0.1) is 0 Å². The van der Waals surface area contributed by atoms with Crippen molar-refractivity contribution in [2.45, 2.75) is 33.2 Å². The van der Waals surface area contributed by atoms with Gasteiger partial charge in [-0.3, -0.25) is 4.79 Å². The van der Waals surface area contributed by atoms with Crippen molar-refractivity contribution < 1.29 is 4.79 Å². The highest BCUT2D eigenvalue weighted by Crippen LogP contribution is 2.15. The first kappa shape index (κ1) is 13.1. The molecule has 1 atom stereocenters. The van der Waals surface area contributed by atoms with Gasteiger partial charge in [0, 0.05) is 32.6 Å². The Morgan fingerprint density at radius 3 is 2.94 bits per heavy atom. The number of aryl methyl sites for hydroxylation is 1. The van der Waals surface area contributed by atoms with Gasteiger partial charge in [-0.05, 0) is 37.0 Å². The van der Waals surface area contributed by atoms with Gasteiger partial charge in [0.05, 0.1) is 0 Å². The van der Waals surface area contributed by atoms with Gasteiger partial charge in [0.25, 0.3) is 0 Å². The maximum atomic E-state index is 11.4. The molecule has 1 N–H and O–H groups in total. The third-order valence-corrected chi connectivity index (χ3v) is 3.88. The van der Waals surface area contributed by atoms with Crippen LogP contribution in [0.25, 0.3) is 0 Å². The molecule has 3 heteroatoms. The molecular weight excluding hydrogens is 224 g/mol. The van der Waals surface area contributed by atoms with E-state index in [1.54, 1.807) is 6.92 Å². The Bertz CT molecular complexity index is 442. The monoisotopic (exact) mass is 246 g/mol. The molecule has 0 radical (unpaired) electrons. The quantitative estimate of drug-likeness (QED) is 0.861. The van der Waals surface area contributed by atoms with Crippen molar-refractivity contribution in [2.75, 3.05) is 19.6 Å². The molecule has 0 aliphatic carbocycles. The Morgan fingerprint density at radius 2 is 2.22 bits per heavy atom. The average molecular weight is 246 g/mol. The molecular formula is C15H22N2O. The highest BCUT2D eigenvalue weighted by atomic mass is 16.2. The van der Waals surface area contributed by atoms with Crippen molar-refractivity contribution in [1.29, 1.82) is 0 Å². The van der Waals surface area contributed by atoms with Gasteiger partial charge >= 0.3 is 0 Å². The number of amides is 1. The first-order valence-corrected chi connectivity index (χ1v) is 6.62. The van der Waals surface area contributed by atoms with Gasteiger partial charge in [-0.2, -0.15) is 0 Å². The summed E-state index contributed by atoms with van der Waals surface area (Å²) in [7, 11) is 0. The number of nitrogens with one attached hydrogen (secondary N) is 1. The zero-order valence-corrected chi connectivity index (χ0v) is 11.5. The van der Waals surface area contributed by atoms with Crippen LogP contribution in [0.5, 0.6) is 0 Å². The molecule has 1 aliphatic heterocycles. The summed E-state index contributed by atoms with van der Waals surface area (Å²) in [5, 5.41) is 3.51. The molecule has 0 saturated carbocycles. The van der Waals surface area contributed by atoms with Crippen LogP contribution in [0.1, 0.15) is 23.6 Å². The molecule has 1 saturated heterocycles. The SMILES string of the molecule is CC(=O)N1CCNC(Cc2cccc(C)c2C)C1. The van der Waals surface area contributed by atoms with Gasteiger partial charge in [-0.25, -0.2) is 0 Å². The minimum atomic E-state index is 0.183. The largest absolute Gasteiger partial charge is 0.340 e. The van der Waals surface area contributed by atoms with E-state index in [1.807, 2.05) is 4.90 Å². The number of carbonyl (C=O) groups is 1. The second-order valence-electron chi connectivity index (χ2n) is 5.18. The molecule has 1 aliphatic rings. The lowest BCUT2D eigenvalue weighted by molar-refractivity contribution is -0.130. The highest BCUT2D eigenvalue weighted by molar-refractivity contribution is 5.73. The topological polar surface area (TPSA) is 32.3 Å². The predicted octanol–water partition coefficient (Wildman–Crippen LogP) is 1.67. The fraction of sp³-hybridized carbons (Fsp3) is 0.533. The maximum absolute atomic E-state index is 11.4. The Hall–Kier alpha value is -1.35. The van der Waals surface area contributed by atoms with Gasteiger partial charge in [0.1, 0.15) is 0 Å². The van der Waals surface area contributed by atoms with Crippen molar-refractivity contribution >= 4 is 5.91 Å². The summed E-state index contributed by atoms with van der Waals surface area (Å²) in [4.78, 5) is 13.4. The molecule has 0 bridgehead atoms. The van der Waals surface area contributed by atoms with Crippen molar-refractivity contribution in [2.24, 2.45) is 0 Å². The Balaban J connectivity index is 2.05. The zero-order chi connectivity index (χ0) is 13.1. The lowest BCUT2D eigenvalue weighted by atomic mass is 9.96. The van der Waals surface area contributed by atoms with Crippen LogP contribution in [0.2, 0.25) is 0 Å². The fourth-order valence-electron chi connectivity index (χ4n) is 2.55.